The van der Waals surface area contributed by atoms with Crippen molar-refractivity contribution in [3.63, 3.8) is 0 Å². The number of nitrogens with zero attached hydrogens (tertiary/aromatic N) is 4. The van der Waals surface area contributed by atoms with E-state index in [9.17, 15) is 18.3 Å². The fraction of sp³-hybridized carbons (Fsp3) is 0.818. The maximum absolute atomic E-state index is 12.7. The molecule has 2 aliphatic heterocycles. The lowest BCUT2D eigenvalue weighted by molar-refractivity contribution is -0.153. The molecule has 1 aromatic rings. The number of halogens is 3. The first-order chi connectivity index (χ1) is 9.43. The van der Waals surface area contributed by atoms with Crippen LogP contribution in [-0.4, -0.2) is 57.7 Å². The Balaban J connectivity index is 1.72. The maximum Gasteiger partial charge on any atom is 0.451 e. The van der Waals surface area contributed by atoms with Gasteiger partial charge in [-0.15, -0.1) is 10.2 Å². The third kappa shape index (κ3) is 2.29. The van der Waals surface area contributed by atoms with Crippen LogP contribution in [0, 0.1) is 5.41 Å². The van der Waals surface area contributed by atoms with Crippen LogP contribution in [0.1, 0.15) is 11.6 Å². The zero-order valence-corrected chi connectivity index (χ0v) is 10.7. The van der Waals surface area contributed by atoms with Gasteiger partial charge in [-0.2, -0.15) is 13.2 Å². The molecule has 0 radical (unpaired) electrons. The summed E-state index contributed by atoms with van der Waals surface area (Å²) in [5.41, 5.74) is -0.283. The normalized spacial score (nSPS) is 22.4. The Morgan fingerprint density at radius 1 is 1.25 bits per heavy atom. The van der Waals surface area contributed by atoms with Gasteiger partial charge in [0.25, 0.3) is 0 Å². The highest BCUT2D eigenvalue weighted by molar-refractivity contribution is 5.03. The lowest BCUT2D eigenvalue weighted by Gasteiger charge is -2.44. The smallest absolute Gasteiger partial charge is 0.396 e. The number of hydrogen-bond acceptors (Lipinski definition) is 5. The molecule has 0 bridgehead atoms. The van der Waals surface area contributed by atoms with Crippen LogP contribution in [0.25, 0.3) is 0 Å². The first-order valence-electron chi connectivity index (χ1n) is 6.34. The lowest BCUT2D eigenvalue weighted by Crippen LogP contribution is -2.54. The second kappa shape index (κ2) is 4.68. The van der Waals surface area contributed by atoms with Crippen LogP contribution in [0.5, 0.6) is 0 Å². The zero-order valence-electron chi connectivity index (χ0n) is 10.7. The molecule has 3 rings (SSSR count). The van der Waals surface area contributed by atoms with Crippen molar-refractivity contribution in [3.8, 4) is 0 Å². The minimum Gasteiger partial charge on any atom is -0.396 e. The highest BCUT2D eigenvalue weighted by Gasteiger charge is 2.42. The van der Waals surface area contributed by atoms with Crippen LogP contribution < -0.4 is 0 Å². The second-order valence-corrected chi connectivity index (χ2v) is 5.45. The molecule has 0 aromatic carbocycles. The van der Waals surface area contributed by atoms with E-state index in [0.717, 1.165) is 4.57 Å². The van der Waals surface area contributed by atoms with Gasteiger partial charge in [-0.3, -0.25) is 4.90 Å². The van der Waals surface area contributed by atoms with Crippen LogP contribution >= 0.6 is 0 Å². The van der Waals surface area contributed by atoms with Gasteiger partial charge >= 0.3 is 6.18 Å². The molecule has 1 fully saturated rings. The first kappa shape index (κ1) is 13.8. The van der Waals surface area contributed by atoms with Crippen LogP contribution in [0.2, 0.25) is 0 Å². The summed E-state index contributed by atoms with van der Waals surface area (Å²) in [5, 5.41) is 16.3. The molecule has 0 atom stereocenters. The van der Waals surface area contributed by atoms with Crippen LogP contribution in [0.4, 0.5) is 13.2 Å². The predicted octanol–water partition coefficient (Wildman–Crippen LogP) is 0.121. The third-order valence-electron chi connectivity index (χ3n) is 3.80. The fourth-order valence-corrected chi connectivity index (χ4v) is 2.65. The molecular weight excluding hydrogens is 277 g/mol. The van der Waals surface area contributed by atoms with Crippen molar-refractivity contribution in [2.45, 2.75) is 19.3 Å². The highest BCUT2D eigenvalue weighted by atomic mass is 19.4. The minimum absolute atomic E-state index is 0.0178. The molecule has 112 valence electrons. The monoisotopic (exact) mass is 292 g/mol. The molecule has 0 spiro atoms. The van der Waals surface area contributed by atoms with Crippen LogP contribution in [0.3, 0.4) is 0 Å². The Bertz CT molecular complexity index is 493. The largest absolute Gasteiger partial charge is 0.451 e. The van der Waals surface area contributed by atoms with Crippen molar-refractivity contribution in [1.29, 1.82) is 0 Å². The number of alkyl halides is 3. The van der Waals surface area contributed by atoms with Gasteiger partial charge in [0.1, 0.15) is 5.82 Å². The Morgan fingerprint density at radius 3 is 2.55 bits per heavy atom. The lowest BCUT2D eigenvalue weighted by atomic mass is 9.86. The van der Waals surface area contributed by atoms with E-state index in [-0.39, 0.29) is 18.6 Å². The van der Waals surface area contributed by atoms with E-state index >= 15 is 0 Å². The van der Waals surface area contributed by atoms with Gasteiger partial charge in [0, 0.05) is 19.6 Å². The van der Waals surface area contributed by atoms with Gasteiger partial charge in [0.05, 0.1) is 31.8 Å². The van der Waals surface area contributed by atoms with E-state index in [2.05, 4.69) is 10.2 Å². The maximum atomic E-state index is 12.7. The topological polar surface area (TPSA) is 63.4 Å². The van der Waals surface area contributed by atoms with Gasteiger partial charge in [0.2, 0.25) is 5.82 Å². The molecule has 0 unspecified atom stereocenters. The van der Waals surface area contributed by atoms with Gasteiger partial charge in [-0.25, -0.2) is 0 Å². The zero-order chi connectivity index (χ0) is 14.4. The molecule has 0 aliphatic carbocycles. The minimum atomic E-state index is -4.47. The predicted molar refractivity (Wildman–Crippen MR) is 60.6 cm³/mol. The second-order valence-electron chi connectivity index (χ2n) is 5.45. The van der Waals surface area contributed by atoms with Gasteiger partial charge in [0.15, 0.2) is 0 Å². The van der Waals surface area contributed by atoms with Crippen molar-refractivity contribution in [2.75, 3.05) is 32.9 Å². The number of ether oxygens (including phenoxy) is 1. The molecule has 1 aromatic heterocycles. The summed E-state index contributed by atoms with van der Waals surface area (Å²) in [7, 11) is 0. The van der Waals surface area contributed by atoms with E-state index in [1.54, 1.807) is 0 Å². The standard InChI is InChI=1S/C11H15F3N4O2/c12-11(13,14)9-16-15-8-3-17(1-2-18(8)9)4-10(5-19)6-20-7-10/h19H,1-7H2. The summed E-state index contributed by atoms with van der Waals surface area (Å²) in [4.78, 5) is 1.99. The highest BCUT2D eigenvalue weighted by Crippen LogP contribution is 2.32. The van der Waals surface area contributed by atoms with Gasteiger partial charge in [-0.1, -0.05) is 0 Å². The average molecular weight is 292 g/mol. The summed E-state index contributed by atoms with van der Waals surface area (Å²) in [5.74, 6) is -0.618. The van der Waals surface area contributed by atoms with Crippen molar-refractivity contribution in [3.05, 3.63) is 11.6 Å². The van der Waals surface area contributed by atoms with Crippen LogP contribution in [-0.2, 0) is 24.0 Å². The molecular formula is C11H15F3N4O2. The number of fused-ring (bicyclic) bond motifs is 1. The van der Waals surface area contributed by atoms with E-state index in [1.165, 1.54) is 0 Å². The number of hydrogen-bond donors (Lipinski definition) is 1. The quantitative estimate of drug-likeness (QED) is 0.857. The summed E-state index contributed by atoms with van der Waals surface area (Å²) >= 11 is 0. The van der Waals surface area contributed by atoms with Gasteiger partial charge < -0.3 is 14.4 Å². The van der Waals surface area contributed by atoms with E-state index in [0.29, 0.717) is 38.7 Å². The van der Waals surface area contributed by atoms with Crippen LogP contribution in [0.15, 0.2) is 0 Å². The van der Waals surface area contributed by atoms with E-state index in [4.69, 9.17) is 4.74 Å². The van der Waals surface area contributed by atoms with Crippen molar-refractivity contribution >= 4 is 0 Å². The molecule has 1 saturated heterocycles. The molecule has 1 N–H and O–H groups in total. The molecule has 0 saturated carbocycles. The number of rotatable bonds is 3. The first-order valence-corrected chi connectivity index (χ1v) is 6.34. The van der Waals surface area contributed by atoms with Crippen molar-refractivity contribution < 1.29 is 23.0 Å². The summed E-state index contributed by atoms with van der Waals surface area (Å²) < 4.78 is 44.4. The number of aromatic nitrogens is 3. The Kier molecular flexibility index (Phi) is 3.22. The molecule has 0 amide bonds. The average Bonchev–Trinajstić information content (AvgIpc) is 2.76. The Hall–Kier alpha value is -1.19. The Morgan fingerprint density at radius 2 is 2.00 bits per heavy atom. The third-order valence-corrected chi connectivity index (χ3v) is 3.80. The molecule has 3 heterocycles. The summed E-state index contributed by atoms with van der Waals surface area (Å²) in [6, 6.07) is 0. The van der Waals surface area contributed by atoms with Crippen molar-refractivity contribution in [1.82, 2.24) is 19.7 Å². The molecule has 2 aliphatic rings. The van der Waals surface area contributed by atoms with Gasteiger partial charge in [-0.05, 0) is 0 Å². The SMILES string of the molecule is OCC1(CN2CCn3c(nnc3C(F)(F)F)C2)COC1. The molecule has 20 heavy (non-hydrogen) atoms. The summed E-state index contributed by atoms with van der Waals surface area (Å²) in [6.07, 6.45) is -4.47. The van der Waals surface area contributed by atoms with Crippen molar-refractivity contribution in [2.24, 2.45) is 5.41 Å². The fourth-order valence-electron chi connectivity index (χ4n) is 2.65. The summed E-state index contributed by atoms with van der Waals surface area (Å²) in [6.45, 7) is 2.59. The molecule has 6 nitrogen and oxygen atoms in total. The van der Waals surface area contributed by atoms with E-state index in [1.807, 2.05) is 4.90 Å². The Labute approximate surface area is 113 Å². The van der Waals surface area contributed by atoms with E-state index < -0.39 is 12.0 Å². The molecule has 9 heteroatoms. The number of aliphatic hydroxyl groups excluding tert-OH is 1. The number of aliphatic hydroxyl groups is 1.